The van der Waals surface area contributed by atoms with Crippen molar-refractivity contribution in [2.75, 3.05) is 6.54 Å². The van der Waals surface area contributed by atoms with Gasteiger partial charge >= 0.3 is 19.5 Å². The fourth-order valence-corrected chi connectivity index (χ4v) is 1.65. The minimum atomic E-state index is -1.47. The minimum absolute atomic E-state index is 0. The SMILES string of the molecule is CCN[CH-]C(C)(F)c1ccc2occc2c1.[Ru+]. The second-order valence-electron chi connectivity index (χ2n) is 3.95. The summed E-state index contributed by atoms with van der Waals surface area (Å²) in [7, 11) is 0. The van der Waals surface area contributed by atoms with E-state index in [-0.39, 0.29) is 19.5 Å². The predicted molar refractivity (Wildman–Crippen MR) is 62.7 cm³/mol. The summed E-state index contributed by atoms with van der Waals surface area (Å²) < 4.78 is 19.5. The number of nitrogens with one attached hydrogen (secondary N) is 1. The molecule has 1 unspecified atom stereocenters. The van der Waals surface area contributed by atoms with Crippen molar-refractivity contribution in [3.8, 4) is 0 Å². The van der Waals surface area contributed by atoms with Crippen LogP contribution in [0, 0.1) is 6.54 Å². The maximum absolute atomic E-state index is 14.3. The molecule has 17 heavy (non-hydrogen) atoms. The topological polar surface area (TPSA) is 25.2 Å². The van der Waals surface area contributed by atoms with E-state index in [1.165, 1.54) is 13.5 Å². The molecule has 0 aliphatic rings. The van der Waals surface area contributed by atoms with Gasteiger partial charge in [-0.1, -0.05) is 19.9 Å². The second kappa shape index (κ2) is 5.74. The van der Waals surface area contributed by atoms with Gasteiger partial charge in [-0.2, -0.15) is 0 Å². The second-order valence-corrected chi connectivity index (χ2v) is 3.95. The molecule has 0 saturated heterocycles. The zero-order chi connectivity index (χ0) is 11.6. The van der Waals surface area contributed by atoms with Crippen molar-refractivity contribution in [1.29, 1.82) is 0 Å². The van der Waals surface area contributed by atoms with Crippen LogP contribution in [0.5, 0.6) is 0 Å². The number of rotatable bonds is 4. The third-order valence-corrected chi connectivity index (χ3v) is 2.59. The Balaban J connectivity index is 0.00000144. The van der Waals surface area contributed by atoms with E-state index in [4.69, 9.17) is 4.42 Å². The summed E-state index contributed by atoms with van der Waals surface area (Å²) in [5.41, 5.74) is -0.0630. The van der Waals surface area contributed by atoms with Crippen molar-refractivity contribution in [3.05, 3.63) is 42.6 Å². The van der Waals surface area contributed by atoms with Gasteiger partial charge in [0.05, 0.1) is 6.26 Å². The molecule has 0 aliphatic heterocycles. The van der Waals surface area contributed by atoms with Gasteiger partial charge in [-0.15, -0.1) is 0 Å². The number of furan rings is 1. The molecule has 1 aromatic carbocycles. The van der Waals surface area contributed by atoms with Crippen molar-refractivity contribution in [2.24, 2.45) is 0 Å². The molecule has 1 heterocycles. The van der Waals surface area contributed by atoms with E-state index in [1.807, 2.05) is 19.1 Å². The van der Waals surface area contributed by atoms with E-state index < -0.39 is 5.67 Å². The van der Waals surface area contributed by atoms with Gasteiger partial charge in [-0.3, -0.25) is 4.39 Å². The van der Waals surface area contributed by atoms with Gasteiger partial charge in [-0.05, 0) is 30.3 Å². The van der Waals surface area contributed by atoms with Crippen LogP contribution in [-0.2, 0) is 25.1 Å². The monoisotopic (exact) mass is 322 g/mol. The molecule has 1 atom stereocenters. The molecule has 0 saturated carbocycles. The maximum atomic E-state index is 14.3. The fraction of sp³-hybridized carbons (Fsp3) is 0.308. The number of alkyl halides is 1. The average Bonchev–Trinajstić information content (AvgIpc) is 2.73. The van der Waals surface area contributed by atoms with Crippen LogP contribution in [0.4, 0.5) is 4.39 Å². The summed E-state index contributed by atoms with van der Waals surface area (Å²) in [5, 5.41) is 3.83. The van der Waals surface area contributed by atoms with E-state index in [1.54, 1.807) is 18.4 Å². The molecule has 0 spiro atoms. The number of halogens is 1. The Labute approximate surface area is 113 Å². The number of fused-ring (bicyclic) bond motifs is 1. The summed E-state index contributed by atoms with van der Waals surface area (Å²) in [4.78, 5) is 0. The van der Waals surface area contributed by atoms with Gasteiger partial charge in [0.25, 0.3) is 0 Å². The molecule has 2 aromatic rings. The number of hydrogen-bond donors (Lipinski definition) is 1. The van der Waals surface area contributed by atoms with E-state index in [2.05, 4.69) is 5.32 Å². The summed E-state index contributed by atoms with van der Waals surface area (Å²) in [6, 6.07) is 7.19. The van der Waals surface area contributed by atoms with Gasteiger partial charge in [0.15, 0.2) is 0 Å². The number of hydrogen-bond acceptors (Lipinski definition) is 2. The number of benzene rings is 1. The fourth-order valence-electron chi connectivity index (χ4n) is 1.65. The third kappa shape index (κ3) is 3.14. The van der Waals surface area contributed by atoms with Crippen molar-refractivity contribution in [1.82, 2.24) is 5.32 Å². The molecule has 2 nitrogen and oxygen atoms in total. The first-order valence-electron chi connectivity index (χ1n) is 5.38. The van der Waals surface area contributed by atoms with Crippen molar-refractivity contribution in [3.63, 3.8) is 0 Å². The average molecular weight is 321 g/mol. The molecule has 4 heteroatoms. The van der Waals surface area contributed by atoms with Crippen LogP contribution >= 0.6 is 0 Å². The molecule has 2 rings (SSSR count). The van der Waals surface area contributed by atoms with Gasteiger partial charge in [0.1, 0.15) is 5.58 Å². The Kier molecular flexibility index (Phi) is 4.84. The minimum Gasteiger partial charge on any atom is -0.467 e. The van der Waals surface area contributed by atoms with E-state index in [0.717, 1.165) is 11.0 Å². The summed E-state index contributed by atoms with van der Waals surface area (Å²) >= 11 is 0. The van der Waals surface area contributed by atoms with E-state index in [9.17, 15) is 4.39 Å². The smallest absolute Gasteiger partial charge is 0.467 e. The van der Waals surface area contributed by atoms with Gasteiger partial charge in [0.2, 0.25) is 0 Å². The van der Waals surface area contributed by atoms with Crippen molar-refractivity contribution < 1.29 is 28.3 Å². The Morgan fingerprint density at radius 2 is 2.18 bits per heavy atom. The first-order chi connectivity index (χ1) is 7.63. The summed E-state index contributed by atoms with van der Waals surface area (Å²) in [6.45, 7) is 5.67. The van der Waals surface area contributed by atoms with Crippen molar-refractivity contribution in [2.45, 2.75) is 19.5 Å². The zero-order valence-electron chi connectivity index (χ0n) is 9.81. The van der Waals surface area contributed by atoms with Gasteiger partial charge in [-0.25, -0.2) is 6.54 Å². The standard InChI is InChI=1S/C13H15FNO.Ru/c1-3-15-9-13(2,14)11-4-5-12-10(8-11)6-7-16-12;/h4-9,15H,3H2,1-2H3;/q-1;+1. The molecular formula is C13H15FNORu. The van der Waals surface area contributed by atoms with Crippen molar-refractivity contribution >= 4 is 11.0 Å². The van der Waals surface area contributed by atoms with Crippen LogP contribution in [0.3, 0.4) is 0 Å². The normalized spacial score (nSPS) is 14.3. The molecule has 0 fully saturated rings. The molecule has 93 valence electrons. The summed E-state index contributed by atoms with van der Waals surface area (Å²) in [6.07, 6.45) is 1.61. The Bertz CT molecular complexity index is 481. The third-order valence-electron chi connectivity index (χ3n) is 2.59. The molecule has 0 bridgehead atoms. The molecule has 1 aromatic heterocycles. The van der Waals surface area contributed by atoms with Crippen LogP contribution in [0.15, 0.2) is 34.9 Å². The quantitative estimate of drug-likeness (QED) is 0.690. The largest absolute Gasteiger partial charge is 1.00 e. The first-order valence-corrected chi connectivity index (χ1v) is 5.38. The summed E-state index contributed by atoms with van der Waals surface area (Å²) in [5.74, 6) is 0. The van der Waals surface area contributed by atoms with Gasteiger partial charge < -0.3 is 9.73 Å². The predicted octanol–water partition coefficient (Wildman–Crippen LogP) is 3.39. The van der Waals surface area contributed by atoms with Crippen LogP contribution in [0.1, 0.15) is 19.4 Å². The Hall–Kier alpha value is -0.727. The van der Waals surface area contributed by atoms with Crippen LogP contribution in [-0.4, -0.2) is 6.54 Å². The maximum Gasteiger partial charge on any atom is 1.00 e. The van der Waals surface area contributed by atoms with E-state index >= 15 is 0 Å². The molecule has 0 aliphatic carbocycles. The molecular weight excluding hydrogens is 306 g/mol. The number of likely N-dealkylation sites (N-methyl/N-ethyl adjacent to an activating group) is 1. The Morgan fingerprint density at radius 3 is 2.88 bits per heavy atom. The molecule has 1 N–H and O–H groups in total. The van der Waals surface area contributed by atoms with E-state index in [0.29, 0.717) is 12.1 Å². The van der Waals surface area contributed by atoms with Crippen LogP contribution in [0.2, 0.25) is 0 Å². The van der Waals surface area contributed by atoms with Gasteiger partial charge in [0, 0.05) is 11.1 Å². The van der Waals surface area contributed by atoms with Crippen LogP contribution < -0.4 is 5.32 Å². The Morgan fingerprint density at radius 1 is 1.41 bits per heavy atom. The molecule has 0 amide bonds. The first kappa shape index (κ1) is 14.3. The molecule has 1 radical (unpaired) electrons. The zero-order valence-corrected chi connectivity index (χ0v) is 11.5. The van der Waals surface area contributed by atoms with Crippen LogP contribution in [0.25, 0.3) is 11.0 Å².